The SMILES string of the molecule is c1ccc(-c2ccc3c(c2)C(c2ccccc2)(c2ccccc2)c2cc(-c4c5ccccc5c(-c5cccc6ccccc56)c5ccccc45)c4c(oc5ccccc54)c2-3)cc1. The Morgan fingerprint density at radius 1 is 0.306 bits per heavy atom. The van der Waals surface area contributed by atoms with Crippen LogP contribution in [-0.2, 0) is 5.41 Å². The van der Waals surface area contributed by atoms with E-state index in [1.54, 1.807) is 0 Å². The summed E-state index contributed by atoms with van der Waals surface area (Å²) in [5, 5.41) is 9.63. The molecule has 0 amide bonds. The molecule has 0 bridgehead atoms. The van der Waals surface area contributed by atoms with Crippen LogP contribution >= 0.6 is 0 Å². The van der Waals surface area contributed by atoms with E-state index in [-0.39, 0.29) is 0 Å². The van der Waals surface area contributed by atoms with Crippen molar-refractivity contribution in [3.8, 4) is 44.5 Å². The lowest BCUT2D eigenvalue weighted by Gasteiger charge is -2.34. The molecule has 0 saturated carbocycles. The molecule has 12 aromatic rings. The molecular formula is C61H38O. The van der Waals surface area contributed by atoms with Crippen molar-refractivity contribution in [1.29, 1.82) is 0 Å². The molecule has 62 heavy (non-hydrogen) atoms. The molecule has 0 atom stereocenters. The summed E-state index contributed by atoms with van der Waals surface area (Å²) in [7, 11) is 0. The van der Waals surface area contributed by atoms with Gasteiger partial charge in [0.15, 0.2) is 0 Å². The fraction of sp³-hybridized carbons (Fsp3) is 0.0164. The summed E-state index contributed by atoms with van der Waals surface area (Å²) in [5.74, 6) is 0. The third-order valence-electron chi connectivity index (χ3n) is 13.5. The number of para-hydroxylation sites is 1. The molecular weight excluding hydrogens is 749 g/mol. The average molecular weight is 787 g/mol. The molecule has 0 spiro atoms. The van der Waals surface area contributed by atoms with E-state index < -0.39 is 5.41 Å². The van der Waals surface area contributed by atoms with E-state index in [1.165, 1.54) is 93.5 Å². The molecule has 0 N–H and O–H groups in total. The first-order valence-corrected chi connectivity index (χ1v) is 21.5. The van der Waals surface area contributed by atoms with Crippen LogP contribution in [-0.4, -0.2) is 0 Å². The first-order valence-electron chi connectivity index (χ1n) is 21.5. The van der Waals surface area contributed by atoms with E-state index in [4.69, 9.17) is 4.42 Å². The third kappa shape index (κ3) is 4.85. The lowest BCUT2D eigenvalue weighted by Crippen LogP contribution is -2.28. The molecule has 288 valence electrons. The lowest BCUT2D eigenvalue weighted by atomic mass is 9.67. The Hall–Kier alpha value is -8.00. The van der Waals surface area contributed by atoms with Crippen LogP contribution in [0.15, 0.2) is 235 Å². The van der Waals surface area contributed by atoms with Crippen molar-refractivity contribution in [1.82, 2.24) is 0 Å². The molecule has 13 rings (SSSR count). The van der Waals surface area contributed by atoms with Crippen molar-refractivity contribution >= 4 is 54.3 Å². The molecule has 0 unspecified atom stereocenters. The Labute approximate surface area is 359 Å². The van der Waals surface area contributed by atoms with Crippen molar-refractivity contribution in [3.05, 3.63) is 253 Å². The molecule has 0 fully saturated rings. The largest absolute Gasteiger partial charge is 0.455 e. The summed E-state index contributed by atoms with van der Waals surface area (Å²) in [6, 6.07) is 84.8. The third-order valence-corrected chi connectivity index (χ3v) is 13.5. The Bertz CT molecular complexity index is 3630. The molecule has 0 radical (unpaired) electrons. The summed E-state index contributed by atoms with van der Waals surface area (Å²) < 4.78 is 7.26. The fourth-order valence-corrected chi connectivity index (χ4v) is 11.0. The van der Waals surface area contributed by atoms with Gasteiger partial charge in [-0.2, -0.15) is 0 Å². The highest BCUT2D eigenvalue weighted by atomic mass is 16.3. The van der Waals surface area contributed by atoms with Crippen LogP contribution in [0, 0.1) is 0 Å². The Morgan fingerprint density at radius 2 is 0.823 bits per heavy atom. The van der Waals surface area contributed by atoms with Crippen LogP contribution in [0.25, 0.3) is 98.8 Å². The quantitative estimate of drug-likeness (QED) is 0.158. The number of hydrogen-bond acceptors (Lipinski definition) is 1. The topological polar surface area (TPSA) is 13.1 Å². The predicted octanol–water partition coefficient (Wildman–Crippen LogP) is 16.4. The Kier molecular flexibility index (Phi) is 7.59. The number of fused-ring (bicyclic) bond motifs is 10. The van der Waals surface area contributed by atoms with E-state index in [0.717, 1.165) is 27.5 Å². The van der Waals surface area contributed by atoms with Gasteiger partial charge in [-0.1, -0.05) is 212 Å². The zero-order valence-electron chi connectivity index (χ0n) is 33.8. The standard InChI is InChI=1S/C61H38O/c1-4-19-39(20-5-1)41-35-36-50-53(37-41)61(42-23-6-2-7-24-42,43-25-8-3-9-26-43)54-38-52(58-51-32-16-17-34-55(51)62-60(58)59(50)54)57-48-30-14-12-28-46(48)56(47-29-13-15-31-49(47)57)45-33-18-22-40-21-10-11-27-44(40)45/h1-38H. The monoisotopic (exact) mass is 786 g/mol. The number of rotatable bonds is 5. The van der Waals surface area contributed by atoms with Gasteiger partial charge >= 0.3 is 0 Å². The molecule has 1 heterocycles. The minimum absolute atomic E-state index is 0.658. The van der Waals surface area contributed by atoms with Crippen molar-refractivity contribution in [2.24, 2.45) is 0 Å². The van der Waals surface area contributed by atoms with Crippen LogP contribution in [0.5, 0.6) is 0 Å². The second-order valence-corrected chi connectivity index (χ2v) is 16.6. The molecule has 1 aromatic heterocycles. The maximum Gasteiger partial charge on any atom is 0.144 e. The van der Waals surface area contributed by atoms with E-state index in [1.807, 2.05) is 0 Å². The second-order valence-electron chi connectivity index (χ2n) is 16.6. The molecule has 1 nitrogen and oxygen atoms in total. The van der Waals surface area contributed by atoms with Gasteiger partial charge in [-0.3, -0.25) is 0 Å². The number of benzene rings is 11. The first kappa shape index (κ1) is 34.8. The lowest BCUT2D eigenvalue weighted by molar-refractivity contribution is 0.669. The van der Waals surface area contributed by atoms with Gasteiger partial charge in [0.25, 0.3) is 0 Å². The van der Waals surface area contributed by atoms with Crippen LogP contribution in [0.1, 0.15) is 22.3 Å². The van der Waals surface area contributed by atoms with Crippen molar-refractivity contribution in [2.45, 2.75) is 5.41 Å². The summed E-state index contributed by atoms with van der Waals surface area (Å²) in [6.45, 7) is 0. The molecule has 11 aromatic carbocycles. The van der Waals surface area contributed by atoms with Gasteiger partial charge in [-0.15, -0.1) is 0 Å². The zero-order valence-corrected chi connectivity index (χ0v) is 33.8. The predicted molar refractivity (Wildman–Crippen MR) is 260 cm³/mol. The van der Waals surface area contributed by atoms with Gasteiger partial charge in [0.1, 0.15) is 11.2 Å². The highest BCUT2D eigenvalue weighted by Gasteiger charge is 2.48. The second kappa shape index (κ2) is 13.5. The van der Waals surface area contributed by atoms with Gasteiger partial charge in [-0.05, 0) is 112 Å². The molecule has 0 aliphatic heterocycles. The smallest absolute Gasteiger partial charge is 0.144 e. The van der Waals surface area contributed by atoms with Gasteiger partial charge in [0.2, 0.25) is 0 Å². The van der Waals surface area contributed by atoms with Crippen LogP contribution in [0.3, 0.4) is 0 Å². The molecule has 1 aliphatic carbocycles. The van der Waals surface area contributed by atoms with Crippen molar-refractivity contribution in [2.75, 3.05) is 0 Å². The van der Waals surface area contributed by atoms with Crippen LogP contribution < -0.4 is 0 Å². The highest BCUT2D eigenvalue weighted by Crippen LogP contribution is 2.61. The molecule has 0 saturated heterocycles. The van der Waals surface area contributed by atoms with Gasteiger partial charge in [0, 0.05) is 16.3 Å². The Morgan fingerprint density at radius 3 is 1.47 bits per heavy atom. The summed E-state index contributed by atoms with van der Waals surface area (Å²) in [6.07, 6.45) is 0. The maximum atomic E-state index is 7.26. The molecule has 1 heteroatoms. The van der Waals surface area contributed by atoms with Gasteiger partial charge in [0.05, 0.1) is 5.41 Å². The van der Waals surface area contributed by atoms with Crippen molar-refractivity contribution in [3.63, 3.8) is 0 Å². The van der Waals surface area contributed by atoms with Crippen LogP contribution in [0.4, 0.5) is 0 Å². The van der Waals surface area contributed by atoms with E-state index >= 15 is 0 Å². The van der Waals surface area contributed by atoms with Crippen LogP contribution in [0.2, 0.25) is 0 Å². The van der Waals surface area contributed by atoms with E-state index in [9.17, 15) is 0 Å². The zero-order chi connectivity index (χ0) is 40.8. The summed E-state index contributed by atoms with van der Waals surface area (Å²) >= 11 is 0. The van der Waals surface area contributed by atoms with E-state index in [0.29, 0.717) is 0 Å². The van der Waals surface area contributed by atoms with Crippen molar-refractivity contribution < 1.29 is 4.42 Å². The minimum atomic E-state index is -0.658. The Balaban J connectivity index is 1.23. The number of hydrogen-bond donors (Lipinski definition) is 0. The highest BCUT2D eigenvalue weighted by molar-refractivity contribution is 6.28. The normalized spacial score (nSPS) is 13.0. The fourth-order valence-electron chi connectivity index (χ4n) is 11.0. The summed E-state index contributed by atoms with van der Waals surface area (Å²) in [4.78, 5) is 0. The first-order chi connectivity index (χ1) is 30.8. The summed E-state index contributed by atoms with van der Waals surface area (Å²) in [5.41, 5.74) is 15.7. The maximum absolute atomic E-state index is 7.26. The average Bonchev–Trinajstić information content (AvgIpc) is 3.88. The molecule has 1 aliphatic rings. The van der Waals surface area contributed by atoms with E-state index in [2.05, 4.69) is 231 Å². The van der Waals surface area contributed by atoms with Gasteiger partial charge < -0.3 is 4.42 Å². The number of furan rings is 1. The minimum Gasteiger partial charge on any atom is -0.455 e. The van der Waals surface area contributed by atoms with Gasteiger partial charge in [-0.25, -0.2) is 0 Å².